The van der Waals surface area contributed by atoms with E-state index in [4.69, 9.17) is 0 Å². The Balaban J connectivity index is 2.00. The normalized spacial score (nSPS) is 20.1. The molecule has 2 N–H and O–H groups in total. The van der Waals surface area contributed by atoms with Crippen LogP contribution in [0.25, 0.3) is 5.57 Å². The smallest absolute Gasteiger partial charge is 0.142 e. The zero-order valence-electron chi connectivity index (χ0n) is 10.1. The van der Waals surface area contributed by atoms with E-state index in [1.54, 1.807) is 0 Å². The summed E-state index contributed by atoms with van der Waals surface area (Å²) in [4.78, 5) is 4.44. The average molecular weight is 223 g/mol. The minimum Gasteiger partial charge on any atom is -0.287 e. The van der Waals surface area contributed by atoms with Gasteiger partial charge in [-0.1, -0.05) is 12.1 Å². The maximum absolute atomic E-state index is 4.44. The summed E-state index contributed by atoms with van der Waals surface area (Å²) in [5, 5.41) is 2.17. The van der Waals surface area contributed by atoms with E-state index >= 15 is 0 Å². The molecule has 0 atom stereocenters. The number of nitrogens with two attached hydrogens (primary N) is 1. The molecule has 1 aromatic rings. The standard InChI is InChI=1S/C15H14N2/c1-10-7-12(11(2)17-10)8-13-9-16-15-6-4-3-5-14(13)15/h3-9,16H,1-2H3/p+1/b12-8+. The van der Waals surface area contributed by atoms with Crippen molar-refractivity contribution in [3.63, 3.8) is 0 Å². The third-order valence-electron chi connectivity index (χ3n) is 3.15. The van der Waals surface area contributed by atoms with Crippen LogP contribution >= 0.6 is 0 Å². The van der Waals surface area contributed by atoms with Crippen molar-refractivity contribution in [3.05, 3.63) is 59.5 Å². The lowest BCUT2D eigenvalue weighted by Gasteiger charge is -1.98. The Kier molecular flexibility index (Phi) is 2.30. The molecule has 2 aliphatic heterocycles. The summed E-state index contributed by atoms with van der Waals surface area (Å²) in [5.41, 5.74) is 7.30. The second-order valence-electron chi connectivity index (χ2n) is 4.46. The van der Waals surface area contributed by atoms with Gasteiger partial charge in [-0.25, -0.2) is 0 Å². The number of fused-ring (bicyclic) bond motifs is 1. The van der Waals surface area contributed by atoms with Crippen molar-refractivity contribution in [3.8, 4) is 0 Å². The number of allylic oxidation sites excluding steroid dienone is 5. The van der Waals surface area contributed by atoms with Crippen LogP contribution in [0.3, 0.4) is 0 Å². The molecule has 84 valence electrons. The van der Waals surface area contributed by atoms with Crippen LogP contribution in [0, 0.1) is 0 Å². The van der Waals surface area contributed by atoms with Crippen LogP contribution in [0.1, 0.15) is 19.4 Å². The van der Waals surface area contributed by atoms with Crippen molar-refractivity contribution in [1.82, 2.24) is 0 Å². The molecule has 2 heteroatoms. The Hall–Kier alpha value is -1.93. The summed E-state index contributed by atoms with van der Waals surface area (Å²) in [6, 6.07) is 8.47. The van der Waals surface area contributed by atoms with E-state index in [0.717, 1.165) is 11.4 Å². The van der Waals surface area contributed by atoms with E-state index in [-0.39, 0.29) is 0 Å². The van der Waals surface area contributed by atoms with Gasteiger partial charge in [0.1, 0.15) is 11.9 Å². The number of quaternary nitrogens is 1. The van der Waals surface area contributed by atoms with Gasteiger partial charge < -0.3 is 0 Å². The monoisotopic (exact) mass is 223 g/mol. The molecule has 0 aromatic heterocycles. The van der Waals surface area contributed by atoms with Gasteiger partial charge in [-0.05, 0) is 37.6 Å². The van der Waals surface area contributed by atoms with Crippen LogP contribution in [0.4, 0.5) is 5.69 Å². The molecule has 3 rings (SSSR count). The van der Waals surface area contributed by atoms with Gasteiger partial charge in [0.15, 0.2) is 0 Å². The largest absolute Gasteiger partial charge is 0.287 e. The number of aliphatic imine (C=N–C) groups is 1. The number of para-hydroxylation sites is 1. The van der Waals surface area contributed by atoms with E-state index in [1.165, 1.54) is 22.4 Å². The van der Waals surface area contributed by atoms with Crippen LogP contribution in [-0.2, 0) is 0 Å². The second-order valence-corrected chi connectivity index (χ2v) is 4.46. The zero-order chi connectivity index (χ0) is 11.8. The Labute approximate surface area is 101 Å². The molecular weight excluding hydrogens is 208 g/mol. The van der Waals surface area contributed by atoms with E-state index in [2.05, 4.69) is 59.9 Å². The lowest BCUT2D eigenvalue weighted by Crippen LogP contribution is -2.69. The predicted octanol–water partition coefficient (Wildman–Crippen LogP) is 2.54. The molecule has 0 amide bonds. The third kappa shape index (κ3) is 1.77. The highest BCUT2D eigenvalue weighted by Crippen LogP contribution is 2.27. The molecule has 0 spiro atoms. The summed E-state index contributed by atoms with van der Waals surface area (Å²) in [6.45, 7) is 4.09. The highest BCUT2D eigenvalue weighted by Gasteiger charge is 2.17. The topological polar surface area (TPSA) is 29.0 Å². The fourth-order valence-corrected chi connectivity index (χ4v) is 2.30. The molecule has 0 saturated heterocycles. The van der Waals surface area contributed by atoms with Gasteiger partial charge in [-0.3, -0.25) is 10.3 Å². The maximum atomic E-state index is 4.44. The van der Waals surface area contributed by atoms with E-state index in [1.807, 2.05) is 6.92 Å². The number of benzene rings is 1. The summed E-state index contributed by atoms with van der Waals surface area (Å²) in [7, 11) is 0. The molecular formula is C15H15N2+. The molecule has 2 aliphatic rings. The molecule has 0 radical (unpaired) electrons. The third-order valence-corrected chi connectivity index (χ3v) is 3.15. The van der Waals surface area contributed by atoms with Gasteiger partial charge in [0, 0.05) is 28.6 Å². The Morgan fingerprint density at radius 2 is 2.00 bits per heavy atom. The van der Waals surface area contributed by atoms with Gasteiger partial charge in [0.25, 0.3) is 0 Å². The van der Waals surface area contributed by atoms with Gasteiger partial charge in [-0.15, -0.1) is 0 Å². The minimum atomic E-state index is 1.09. The first-order chi connectivity index (χ1) is 8.24. The summed E-state index contributed by atoms with van der Waals surface area (Å²) in [5.74, 6) is 0. The van der Waals surface area contributed by atoms with E-state index in [0.29, 0.717) is 0 Å². The van der Waals surface area contributed by atoms with Crippen molar-refractivity contribution in [2.75, 3.05) is 0 Å². The van der Waals surface area contributed by atoms with Crippen LogP contribution < -0.4 is 5.32 Å². The molecule has 2 nitrogen and oxygen atoms in total. The SMILES string of the molecule is CC1=C/C(=C\C2=C[NH2+]c3ccccc32)C(C)=N1. The first kappa shape index (κ1) is 10.2. The van der Waals surface area contributed by atoms with Gasteiger partial charge in [0.2, 0.25) is 0 Å². The van der Waals surface area contributed by atoms with E-state index < -0.39 is 0 Å². The molecule has 0 unspecified atom stereocenters. The van der Waals surface area contributed by atoms with Crippen LogP contribution in [0.15, 0.2) is 58.9 Å². The van der Waals surface area contributed by atoms with Crippen LogP contribution in [0.5, 0.6) is 0 Å². The highest BCUT2D eigenvalue weighted by atomic mass is 14.9. The van der Waals surface area contributed by atoms with Gasteiger partial charge in [-0.2, -0.15) is 0 Å². The molecule has 2 heterocycles. The summed E-state index contributed by atoms with van der Waals surface area (Å²) < 4.78 is 0. The summed E-state index contributed by atoms with van der Waals surface area (Å²) >= 11 is 0. The average Bonchev–Trinajstić information content (AvgIpc) is 2.85. The second kappa shape index (κ2) is 3.82. The molecule has 1 aromatic carbocycles. The predicted molar refractivity (Wildman–Crippen MR) is 71.0 cm³/mol. The molecule has 0 aliphatic carbocycles. The zero-order valence-corrected chi connectivity index (χ0v) is 10.1. The molecule has 0 fully saturated rings. The van der Waals surface area contributed by atoms with Crippen molar-refractivity contribution >= 4 is 17.0 Å². The first-order valence-electron chi connectivity index (χ1n) is 5.84. The fourth-order valence-electron chi connectivity index (χ4n) is 2.30. The quantitative estimate of drug-likeness (QED) is 0.709. The van der Waals surface area contributed by atoms with Crippen molar-refractivity contribution in [1.29, 1.82) is 0 Å². The molecule has 0 saturated carbocycles. The number of rotatable bonds is 1. The van der Waals surface area contributed by atoms with Crippen LogP contribution in [-0.4, -0.2) is 5.71 Å². The minimum absolute atomic E-state index is 1.09. The highest BCUT2D eigenvalue weighted by molar-refractivity contribution is 6.06. The van der Waals surface area contributed by atoms with Crippen molar-refractivity contribution in [2.45, 2.75) is 13.8 Å². The Morgan fingerprint density at radius 1 is 1.18 bits per heavy atom. The Bertz CT molecular complexity index is 601. The first-order valence-corrected chi connectivity index (χ1v) is 5.84. The fraction of sp³-hybridized carbons (Fsp3) is 0.133. The number of hydrogen-bond acceptors (Lipinski definition) is 1. The van der Waals surface area contributed by atoms with Crippen LogP contribution in [0.2, 0.25) is 0 Å². The number of hydrogen-bond donors (Lipinski definition) is 1. The Morgan fingerprint density at radius 3 is 2.76 bits per heavy atom. The van der Waals surface area contributed by atoms with E-state index in [9.17, 15) is 0 Å². The maximum Gasteiger partial charge on any atom is 0.142 e. The van der Waals surface area contributed by atoms with Crippen molar-refractivity contribution < 1.29 is 5.32 Å². The van der Waals surface area contributed by atoms with Gasteiger partial charge in [0.05, 0.1) is 0 Å². The van der Waals surface area contributed by atoms with Crippen molar-refractivity contribution in [2.24, 2.45) is 4.99 Å². The summed E-state index contributed by atoms with van der Waals surface area (Å²) in [6.07, 6.45) is 6.53. The van der Waals surface area contributed by atoms with Gasteiger partial charge >= 0.3 is 0 Å². The lowest BCUT2D eigenvalue weighted by atomic mass is 10.0. The molecule has 0 bridgehead atoms. The lowest BCUT2D eigenvalue weighted by molar-refractivity contribution is -0.491. The molecule has 17 heavy (non-hydrogen) atoms. The number of nitrogens with zero attached hydrogens (tertiary/aromatic N) is 1.